The summed E-state index contributed by atoms with van der Waals surface area (Å²) in [6.45, 7) is 3.93. The van der Waals surface area contributed by atoms with Gasteiger partial charge in [-0.1, -0.05) is 0 Å². The number of thioether (sulfide) groups is 1. The Labute approximate surface area is 121 Å². The number of carbonyl (C=O) groups excluding carboxylic acids is 1. The minimum Gasteiger partial charge on any atom is -0.387 e. The van der Waals surface area contributed by atoms with E-state index in [4.69, 9.17) is 0 Å². The van der Waals surface area contributed by atoms with E-state index in [1.165, 1.54) is 0 Å². The SMILES string of the molecule is CC1(C)S[C@@H]2[C@H](C(O)c3ccncc3)C(=O)N2[C@H]1C#N. The first-order valence-electron chi connectivity index (χ1n) is 6.45. The van der Waals surface area contributed by atoms with E-state index in [1.807, 2.05) is 13.8 Å². The number of nitriles is 1. The Hall–Kier alpha value is -1.58. The highest BCUT2D eigenvalue weighted by molar-refractivity contribution is 8.01. The molecule has 1 aromatic rings. The van der Waals surface area contributed by atoms with E-state index in [-0.39, 0.29) is 16.0 Å². The van der Waals surface area contributed by atoms with Gasteiger partial charge < -0.3 is 10.0 Å². The number of rotatable bonds is 2. The molecule has 6 heteroatoms. The molecule has 0 radical (unpaired) electrons. The van der Waals surface area contributed by atoms with Crippen LogP contribution in [0.5, 0.6) is 0 Å². The lowest BCUT2D eigenvalue weighted by Gasteiger charge is -2.45. The number of aliphatic hydroxyl groups is 1. The molecule has 2 aliphatic heterocycles. The maximum atomic E-state index is 12.3. The van der Waals surface area contributed by atoms with Gasteiger partial charge in [0.05, 0.1) is 23.5 Å². The molecule has 0 aliphatic carbocycles. The predicted molar refractivity (Wildman–Crippen MR) is 74.4 cm³/mol. The lowest BCUT2D eigenvalue weighted by atomic mass is 9.85. The van der Waals surface area contributed by atoms with Crippen molar-refractivity contribution in [3.8, 4) is 6.07 Å². The Bertz CT molecular complexity index is 584. The molecule has 1 unspecified atom stereocenters. The summed E-state index contributed by atoms with van der Waals surface area (Å²) >= 11 is 1.59. The summed E-state index contributed by atoms with van der Waals surface area (Å²) in [5.41, 5.74) is 0.691. The molecule has 2 aliphatic rings. The second-order valence-corrected chi connectivity index (χ2v) is 7.41. The lowest BCUT2D eigenvalue weighted by Crippen LogP contribution is -2.61. The third kappa shape index (κ3) is 1.74. The van der Waals surface area contributed by atoms with E-state index < -0.39 is 18.1 Å². The second-order valence-electron chi connectivity index (χ2n) is 5.64. The van der Waals surface area contributed by atoms with Crippen LogP contribution >= 0.6 is 11.8 Å². The average molecular weight is 289 g/mol. The van der Waals surface area contributed by atoms with Gasteiger partial charge in [-0.2, -0.15) is 5.26 Å². The molecule has 2 fully saturated rings. The Morgan fingerprint density at radius 2 is 2.15 bits per heavy atom. The molecule has 0 saturated carbocycles. The Morgan fingerprint density at radius 1 is 1.50 bits per heavy atom. The van der Waals surface area contributed by atoms with Crippen molar-refractivity contribution in [3.63, 3.8) is 0 Å². The molecule has 20 heavy (non-hydrogen) atoms. The Morgan fingerprint density at radius 3 is 2.75 bits per heavy atom. The molecule has 0 spiro atoms. The number of carbonyl (C=O) groups is 1. The number of hydrogen-bond acceptors (Lipinski definition) is 5. The molecule has 1 aromatic heterocycles. The van der Waals surface area contributed by atoms with E-state index in [0.717, 1.165) is 0 Å². The van der Waals surface area contributed by atoms with Crippen molar-refractivity contribution in [1.82, 2.24) is 9.88 Å². The molecule has 4 atom stereocenters. The number of nitrogens with zero attached hydrogens (tertiary/aromatic N) is 3. The van der Waals surface area contributed by atoms with Crippen LogP contribution in [0.25, 0.3) is 0 Å². The molecule has 3 rings (SSSR count). The summed E-state index contributed by atoms with van der Waals surface area (Å²) in [4.78, 5) is 17.8. The standard InChI is InChI=1S/C14H15N3O2S/c1-14(2)9(7-15)17-12(19)10(13(17)20-14)11(18)8-3-5-16-6-4-8/h3-6,9-11,13,18H,1-2H3/t9-,10+,11?,13+/m0/s1. The first-order chi connectivity index (χ1) is 9.47. The van der Waals surface area contributed by atoms with Crippen molar-refractivity contribution in [1.29, 1.82) is 5.26 Å². The molecule has 0 bridgehead atoms. The molecule has 5 nitrogen and oxygen atoms in total. The van der Waals surface area contributed by atoms with E-state index in [9.17, 15) is 15.2 Å². The van der Waals surface area contributed by atoms with Crippen molar-refractivity contribution in [2.75, 3.05) is 0 Å². The van der Waals surface area contributed by atoms with Gasteiger partial charge in [-0.05, 0) is 31.5 Å². The van der Waals surface area contributed by atoms with Crippen LogP contribution in [-0.4, -0.2) is 37.1 Å². The van der Waals surface area contributed by atoms with Crippen molar-refractivity contribution in [2.24, 2.45) is 5.92 Å². The molecular formula is C14H15N3O2S. The fourth-order valence-electron chi connectivity index (χ4n) is 2.90. The largest absolute Gasteiger partial charge is 0.387 e. The quantitative estimate of drug-likeness (QED) is 0.831. The zero-order valence-corrected chi connectivity index (χ0v) is 12.0. The Balaban J connectivity index is 1.86. The second kappa shape index (κ2) is 4.47. The number of hydrogen-bond donors (Lipinski definition) is 1. The van der Waals surface area contributed by atoms with E-state index in [0.29, 0.717) is 5.56 Å². The van der Waals surface area contributed by atoms with Gasteiger partial charge in [-0.25, -0.2) is 0 Å². The van der Waals surface area contributed by atoms with E-state index in [1.54, 1.807) is 41.2 Å². The van der Waals surface area contributed by atoms with Crippen LogP contribution < -0.4 is 0 Å². The molecule has 3 heterocycles. The maximum Gasteiger partial charge on any atom is 0.233 e. The monoisotopic (exact) mass is 289 g/mol. The molecule has 1 amide bonds. The van der Waals surface area contributed by atoms with Gasteiger partial charge in [0, 0.05) is 17.1 Å². The highest BCUT2D eigenvalue weighted by Crippen LogP contribution is 2.55. The minimum atomic E-state index is -0.840. The van der Waals surface area contributed by atoms with Crippen LogP contribution in [0, 0.1) is 17.2 Å². The summed E-state index contributed by atoms with van der Waals surface area (Å²) < 4.78 is -0.304. The predicted octanol–water partition coefficient (Wildman–Crippen LogP) is 1.32. The summed E-state index contributed by atoms with van der Waals surface area (Å²) in [5, 5.41) is 19.6. The minimum absolute atomic E-state index is 0.120. The highest BCUT2D eigenvalue weighted by Gasteiger charge is 2.63. The van der Waals surface area contributed by atoms with E-state index in [2.05, 4.69) is 11.1 Å². The van der Waals surface area contributed by atoms with Gasteiger partial charge >= 0.3 is 0 Å². The third-order valence-electron chi connectivity index (χ3n) is 3.99. The van der Waals surface area contributed by atoms with Crippen molar-refractivity contribution in [3.05, 3.63) is 30.1 Å². The van der Waals surface area contributed by atoms with Crippen molar-refractivity contribution >= 4 is 17.7 Å². The Kier molecular flexibility index (Phi) is 3.00. The zero-order valence-electron chi connectivity index (χ0n) is 11.2. The summed E-state index contributed by atoms with van der Waals surface area (Å²) in [5.74, 6) is -0.607. The van der Waals surface area contributed by atoms with Gasteiger partial charge in [0.2, 0.25) is 5.91 Å². The van der Waals surface area contributed by atoms with Crippen LogP contribution in [0.1, 0.15) is 25.5 Å². The van der Waals surface area contributed by atoms with Crippen LogP contribution in [0.2, 0.25) is 0 Å². The number of pyridine rings is 1. The third-order valence-corrected chi connectivity index (χ3v) is 5.58. The van der Waals surface area contributed by atoms with Gasteiger partial charge in [0.25, 0.3) is 0 Å². The van der Waals surface area contributed by atoms with Gasteiger partial charge in [0.15, 0.2) is 0 Å². The van der Waals surface area contributed by atoms with Crippen LogP contribution in [0.15, 0.2) is 24.5 Å². The topological polar surface area (TPSA) is 77.2 Å². The molecule has 0 aromatic carbocycles. The smallest absolute Gasteiger partial charge is 0.233 e. The number of amides is 1. The number of aliphatic hydroxyl groups excluding tert-OH is 1. The zero-order chi connectivity index (χ0) is 14.5. The summed E-state index contributed by atoms with van der Waals surface area (Å²) in [6.07, 6.45) is 2.36. The first-order valence-corrected chi connectivity index (χ1v) is 7.33. The average Bonchev–Trinajstić information content (AvgIpc) is 2.67. The van der Waals surface area contributed by atoms with Crippen LogP contribution in [-0.2, 0) is 4.79 Å². The van der Waals surface area contributed by atoms with E-state index >= 15 is 0 Å². The lowest BCUT2D eigenvalue weighted by molar-refractivity contribution is -0.159. The van der Waals surface area contributed by atoms with Gasteiger partial charge in [-0.15, -0.1) is 11.8 Å². The van der Waals surface area contributed by atoms with Gasteiger partial charge in [0.1, 0.15) is 6.04 Å². The molecule has 104 valence electrons. The van der Waals surface area contributed by atoms with Crippen LogP contribution in [0.4, 0.5) is 0 Å². The van der Waals surface area contributed by atoms with Crippen molar-refractivity contribution in [2.45, 2.75) is 36.1 Å². The maximum absolute atomic E-state index is 12.3. The highest BCUT2D eigenvalue weighted by atomic mass is 32.2. The van der Waals surface area contributed by atoms with Crippen molar-refractivity contribution < 1.29 is 9.90 Å². The fraction of sp³-hybridized carbons (Fsp3) is 0.500. The normalized spacial score (nSPS) is 32.2. The van der Waals surface area contributed by atoms with Gasteiger partial charge in [-0.3, -0.25) is 9.78 Å². The number of aromatic nitrogens is 1. The summed E-state index contributed by atoms with van der Waals surface area (Å²) in [7, 11) is 0. The number of fused-ring (bicyclic) bond motifs is 1. The molecular weight excluding hydrogens is 274 g/mol. The molecule has 1 N–H and O–H groups in total. The van der Waals surface area contributed by atoms with Crippen LogP contribution in [0.3, 0.4) is 0 Å². The summed E-state index contributed by atoms with van der Waals surface area (Å²) in [6, 6.07) is 5.21. The fourth-order valence-corrected chi connectivity index (χ4v) is 4.57. The molecule has 2 saturated heterocycles. The first kappa shape index (κ1) is 13.4. The number of β-lactam (4-membered cyclic amide) rings is 1.